The normalized spacial score (nSPS) is 30.8. The summed E-state index contributed by atoms with van der Waals surface area (Å²) in [5, 5.41) is 0.369. The van der Waals surface area contributed by atoms with E-state index in [1.54, 1.807) is 7.11 Å². The summed E-state index contributed by atoms with van der Waals surface area (Å²) in [7, 11) is 4.00. The highest BCUT2D eigenvalue weighted by Crippen LogP contribution is 2.48. The van der Waals surface area contributed by atoms with E-state index in [0.29, 0.717) is 17.1 Å². The number of methoxy groups -OCH3 is 1. The highest BCUT2D eigenvalue weighted by molar-refractivity contribution is 8.04. The van der Waals surface area contributed by atoms with Crippen LogP contribution in [0, 0.1) is 11.8 Å². The van der Waals surface area contributed by atoms with Gasteiger partial charge in [0.1, 0.15) is 5.76 Å². The third-order valence-corrected chi connectivity index (χ3v) is 6.92. The predicted octanol–water partition coefficient (Wildman–Crippen LogP) is 4.23. The van der Waals surface area contributed by atoms with Gasteiger partial charge in [-0.05, 0) is 38.9 Å². The molecule has 2 aliphatic heterocycles. The topological polar surface area (TPSA) is 21.7 Å². The quantitative estimate of drug-likeness (QED) is 0.748. The summed E-state index contributed by atoms with van der Waals surface area (Å²) in [6.45, 7) is 2.38. The van der Waals surface area contributed by atoms with E-state index in [1.807, 2.05) is 18.0 Å². The van der Waals surface area contributed by atoms with Crippen molar-refractivity contribution in [3.63, 3.8) is 0 Å². The van der Waals surface area contributed by atoms with Gasteiger partial charge in [0, 0.05) is 28.9 Å². The fraction of sp³-hybridized carbons (Fsp3) is 0.500. The van der Waals surface area contributed by atoms with Gasteiger partial charge in [0.05, 0.1) is 24.4 Å². The third kappa shape index (κ3) is 3.09. The van der Waals surface area contributed by atoms with E-state index in [4.69, 9.17) is 9.47 Å². The highest BCUT2D eigenvalue weighted by atomic mass is 32.2. The summed E-state index contributed by atoms with van der Waals surface area (Å²) in [4.78, 5) is 3.86. The summed E-state index contributed by atoms with van der Waals surface area (Å²) in [5.74, 6) is 3.28. The fourth-order valence-electron chi connectivity index (χ4n) is 3.98. The van der Waals surface area contributed by atoms with Crippen molar-refractivity contribution in [3.8, 4) is 0 Å². The van der Waals surface area contributed by atoms with E-state index >= 15 is 0 Å². The van der Waals surface area contributed by atoms with E-state index in [1.165, 1.54) is 36.4 Å². The molecule has 2 atom stereocenters. The molecule has 4 heteroatoms. The molecule has 128 valence electrons. The first-order chi connectivity index (χ1) is 11.7. The Hall–Kier alpha value is -1.39. The lowest BCUT2D eigenvalue weighted by atomic mass is 9.79. The second kappa shape index (κ2) is 6.85. The minimum absolute atomic E-state index is 0.369. The monoisotopic (exact) mass is 343 g/mol. The molecular formula is C20H25NO2S. The number of fused-ring (bicyclic) bond motifs is 1. The Labute approximate surface area is 148 Å². The Morgan fingerprint density at radius 3 is 2.88 bits per heavy atom. The molecule has 4 rings (SSSR count). The lowest BCUT2D eigenvalue weighted by Gasteiger charge is -2.37. The number of likely N-dealkylation sites (tertiary alicyclic amines) is 1. The summed E-state index contributed by atoms with van der Waals surface area (Å²) < 4.78 is 11.7. The zero-order valence-corrected chi connectivity index (χ0v) is 15.2. The maximum Gasteiger partial charge on any atom is 0.139 e. The van der Waals surface area contributed by atoms with Crippen molar-refractivity contribution >= 4 is 11.8 Å². The molecule has 0 aromatic rings. The van der Waals surface area contributed by atoms with Crippen LogP contribution in [-0.4, -0.2) is 37.4 Å². The minimum Gasteiger partial charge on any atom is -0.501 e. The molecule has 2 unspecified atom stereocenters. The van der Waals surface area contributed by atoms with E-state index in [0.717, 1.165) is 17.9 Å². The van der Waals surface area contributed by atoms with Gasteiger partial charge in [-0.15, -0.1) is 11.8 Å². The Morgan fingerprint density at radius 1 is 1.25 bits per heavy atom. The molecular weight excluding hydrogens is 318 g/mol. The summed E-state index contributed by atoms with van der Waals surface area (Å²) in [6.07, 6.45) is 16.2. The van der Waals surface area contributed by atoms with Crippen molar-refractivity contribution in [2.75, 3.05) is 27.2 Å². The van der Waals surface area contributed by atoms with Crippen molar-refractivity contribution in [2.24, 2.45) is 11.8 Å². The second-order valence-electron chi connectivity index (χ2n) is 7.01. The number of rotatable bonds is 2. The van der Waals surface area contributed by atoms with Gasteiger partial charge in [-0.2, -0.15) is 0 Å². The van der Waals surface area contributed by atoms with Gasteiger partial charge in [0.15, 0.2) is 0 Å². The average Bonchev–Trinajstić information content (AvgIpc) is 2.81. The molecule has 0 bridgehead atoms. The molecule has 2 heterocycles. The van der Waals surface area contributed by atoms with Gasteiger partial charge in [0.25, 0.3) is 0 Å². The lowest BCUT2D eigenvalue weighted by Crippen LogP contribution is -2.34. The Morgan fingerprint density at radius 2 is 2.08 bits per heavy atom. The van der Waals surface area contributed by atoms with Crippen LogP contribution in [0.4, 0.5) is 0 Å². The minimum atomic E-state index is 0.369. The van der Waals surface area contributed by atoms with E-state index in [2.05, 4.69) is 42.3 Å². The van der Waals surface area contributed by atoms with Gasteiger partial charge in [0.2, 0.25) is 0 Å². The first-order valence-electron chi connectivity index (χ1n) is 8.80. The molecule has 1 fully saturated rings. The van der Waals surface area contributed by atoms with Crippen molar-refractivity contribution in [1.82, 2.24) is 4.90 Å². The van der Waals surface area contributed by atoms with Crippen LogP contribution in [0.15, 0.2) is 58.6 Å². The number of nitrogens with zero attached hydrogens (tertiary/aromatic N) is 1. The first-order valence-corrected chi connectivity index (χ1v) is 9.68. The molecule has 0 spiro atoms. The number of hydrogen-bond donors (Lipinski definition) is 0. The van der Waals surface area contributed by atoms with Crippen LogP contribution in [-0.2, 0) is 9.47 Å². The SMILES string of the molecule is COC1=CC2=C(SC3C=CC=CC3=CO2)C(C2CCN(C)CC2)C1. The van der Waals surface area contributed by atoms with Gasteiger partial charge < -0.3 is 14.4 Å². The van der Waals surface area contributed by atoms with Gasteiger partial charge >= 0.3 is 0 Å². The smallest absolute Gasteiger partial charge is 0.139 e. The van der Waals surface area contributed by atoms with Crippen LogP contribution in [0.25, 0.3) is 0 Å². The van der Waals surface area contributed by atoms with Crippen LogP contribution in [0.3, 0.4) is 0 Å². The average molecular weight is 343 g/mol. The first kappa shape index (κ1) is 16.1. The second-order valence-corrected chi connectivity index (χ2v) is 8.20. The van der Waals surface area contributed by atoms with E-state index < -0.39 is 0 Å². The van der Waals surface area contributed by atoms with Crippen LogP contribution in [0.5, 0.6) is 0 Å². The molecule has 0 radical (unpaired) electrons. The molecule has 0 N–H and O–H groups in total. The number of thioether (sulfide) groups is 1. The molecule has 3 nitrogen and oxygen atoms in total. The Kier molecular flexibility index (Phi) is 4.59. The molecule has 0 aromatic carbocycles. The van der Waals surface area contributed by atoms with Gasteiger partial charge in [-0.3, -0.25) is 0 Å². The maximum atomic E-state index is 6.10. The van der Waals surface area contributed by atoms with Gasteiger partial charge in [-0.1, -0.05) is 24.3 Å². The predicted molar refractivity (Wildman–Crippen MR) is 99.3 cm³/mol. The van der Waals surface area contributed by atoms with Crippen LogP contribution >= 0.6 is 11.8 Å². The molecule has 24 heavy (non-hydrogen) atoms. The molecule has 2 aliphatic carbocycles. The van der Waals surface area contributed by atoms with Crippen molar-refractivity contribution < 1.29 is 9.47 Å². The van der Waals surface area contributed by atoms with Gasteiger partial charge in [-0.25, -0.2) is 0 Å². The van der Waals surface area contributed by atoms with Crippen LogP contribution < -0.4 is 0 Å². The third-order valence-electron chi connectivity index (χ3n) is 5.48. The molecule has 0 aromatic heterocycles. The summed E-state index contributed by atoms with van der Waals surface area (Å²) >= 11 is 1.97. The largest absolute Gasteiger partial charge is 0.501 e. The van der Waals surface area contributed by atoms with Crippen molar-refractivity contribution in [3.05, 3.63) is 58.6 Å². The van der Waals surface area contributed by atoms with E-state index in [9.17, 15) is 0 Å². The number of allylic oxidation sites excluding steroid dienone is 6. The number of ether oxygens (including phenoxy) is 2. The molecule has 0 saturated carbocycles. The maximum absolute atomic E-state index is 6.10. The van der Waals surface area contributed by atoms with Crippen LogP contribution in [0.2, 0.25) is 0 Å². The highest BCUT2D eigenvalue weighted by Gasteiger charge is 2.36. The standard InChI is InChI=1S/C20H25NO2S/c1-21-9-7-14(8-10-21)17-11-16(22-2)12-18-20(17)24-19-6-4-3-5-15(19)13-23-18/h3-6,12-14,17,19H,7-11H2,1-2H3. The zero-order chi connectivity index (χ0) is 16.5. The van der Waals surface area contributed by atoms with E-state index in [-0.39, 0.29) is 0 Å². The lowest BCUT2D eigenvalue weighted by molar-refractivity contribution is 0.167. The molecule has 4 aliphatic rings. The zero-order valence-electron chi connectivity index (χ0n) is 14.4. The fourth-order valence-corrected chi connectivity index (χ4v) is 5.37. The summed E-state index contributed by atoms with van der Waals surface area (Å²) in [5.41, 5.74) is 1.24. The number of hydrogen-bond acceptors (Lipinski definition) is 4. The Bertz CT molecular complexity index is 651. The summed E-state index contributed by atoms with van der Waals surface area (Å²) in [6, 6.07) is 0. The molecule has 1 saturated heterocycles. The number of piperidine rings is 1. The van der Waals surface area contributed by atoms with Crippen LogP contribution in [0.1, 0.15) is 19.3 Å². The molecule has 0 amide bonds. The Balaban J connectivity index is 1.64. The van der Waals surface area contributed by atoms with Crippen molar-refractivity contribution in [2.45, 2.75) is 24.5 Å². The van der Waals surface area contributed by atoms with Crippen molar-refractivity contribution in [1.29, 1.82) is 0 Å².